The van der Waals surface area contributed by atoms with Crippen molar-refractivity contribution in [1.29, 1.82) is 0 Å². The van der Waals surface area contributed by atoms with Gasteiger partial charge >= 0.3 is 23.1 Å². The zero-order chi connectivity index (χ0) is 5.91. The fourth-order valence-corrected chi connectivity index (χ4v) is 0.516. The van der Waals surface area contributed by atoms with Crippen LogP contribution in [0.25, 0.3) is 0 Å². The maximum atomic E-state index is 9.70. The molecule has 0 fully saturated rings. The summed E-state index contributed by atoms with van der Waals surface area (Å²) in [5.41, 5.74) is 0. The van der Waals surface area contributed by atoms with E-state index in [-0.39, 0.29) is 23.1 Å². The largest absolute Gasteiger partial charge is 0.316 e. The van der Waals surface area contributed by atoms with Gasteiger partial charge in [0.2, 0.25) is 0 Å². The van der Waals surface area contributed by atoms with Gasteiger partial charge in [0.25, 0.3) is 10.1 Å². The molecule has 0 rings (SSSR count). The average Bonchev–Trinajstić information content (AvgIpc) is 1.30. The molecule has 0 atom stereocenters. The minimum atomic E-state index is -3.85. The molecular formula is C3H8MgO3S. The van der Waals surface area contributed by atoms with Gasteiger partial charge in [0.05, 0.1) is 5.41 Å². The molecule has 0 heterocycles. The van der Waals surface area contributed by atoms with Gasteiger partial charge in [0.15, 0.2) is 0 Å². The Morgan fingerprint density at radius 1 is 1.50 bits per heavy atom. The number of rotatable bonds is 1. The summed E-state index contributed by atoms with van der Waals surface area (Å²) in [5, 5.41) is 0.715. The molecule has 0 saturated carbocycles. The molecule has 0 aliphatic carbocycles. The first-order valence-electron chi connectivity index (χ1n) is 1.66. The Morgan fingerprint density at radius 3 is 1.88 bits per heavy atom. The molecule has 0 radical (unpaired) electrons. The van der Waals surface area contributed by atoms with Crippen molar-refractivity contribution in [2.24, 2.45) is 0 Å². The fourth-order valence-electron chi connectivity index (χ4n) is 0.172. The third-order valence-electron chi connectivity index (χ3n) is 0.308. The van der Waals surface area contributed by atoms with E-state index in [1.807, 2.05) is 0 Å². The van der Waals surface area contributed by atoms with Crippen LogP contribution >= 0.6 is 0 Å². The SMILES string of the molecule is CC=CS(=O)(=O)O.[MgH2]. The predicted molar refractivity (Wildman–Crippen MR) is 34.9 cm³/mol. The molecule has 0 saturated heterocycles. The summed E-state index contributed by atoms with van der Waals surface area (Å²) in [6.07, 6.45) is 1.25. The van der Waals surface area contributed by atoms with Crippen LogP contribution in [-0.2, 0) is 10.1 Å². The Labute approximate surface area is 64.7 Å². The molecule has 0 aromatic rings. The Kier molecular flexibility index (Phi) is 6.06. The van der Waals surface area contributed by atoms with E-state index in [1.165, 1.54) is 13.0 Å². The quantitative estimate of drug-likeness (QED) is 0.403. The molecule has 0 unspecified atom stereocenters. The van der Waals surface area contributed by atoms with Crippen LogP contribution in [0.1, 0.15) is 6.92 Å². The van der Waals surface area contributed by atoms with Crippen molar-refractivity contribution in [3.63, 3.8) is 0 Å². The Hall–Kier alpha value is 0.416. The number of hydrogen-bond donors (Lipinski definition) is 1. The molecular weight excluding hydrogens is 140 g/mol. The molecule has 0 spiro atoms. The Bertz CT molecular complexity index is 157. The van der Waals surface area contributed by atoms with E-state index in [0.29, 0.717) is 5.41 Å². The van der Waals surface area contributed by atoms with E-state index >= 15 is 0 Å². The zero-order valence-electron chi connectivity index (χ0n) is 3.83. The summed E-state index contributed by atoms with van der Waals surface area (Å²) in [5.74, 6) is 0. The summed E-state index contributed by atoms with van der Waals surface area (Å²) >= 11 is 0. The second-order valence-corrected chi connectivity index (χ2v) is 2.29. The first-order valence-corrected chi connectivity index (χ1v) is 3.17. The lowest BCUT2D eigenvalue weighted by Gasteiger charge is -1.76. The highest BCUT2D eigenvalue weighted by Crippen LogP contribution is 1.80. The molecule has 0 amide bonds. The van der Waals surface area contributed by atoms with E-state index in [9.17, 15) is 8.42 Å². The Morgan fingerprint density at radius 2 is 1.88 bits per heavy atom. The Balaban J connectivity index is 0. The van der Waals surface area contributed by atoms with Crippen LogP contribution in [0.15, 0.2) is 11.5 Å². The maximum absolute atomic E-state index is 9.70. The monoisotopic (exact) mass is 148 g/mol. The van der Waals surface area contributed by atoms with Gasteiger partial charge in [-0.1, -0.05) is 6.08 Å². The van der Waals surface area contributed by atoms with Crippen molar-refractivity contribution in [3.05, 3.63) is 11.5 Å². The molecule has 0 aromatic heterocycles. The average molecular weight is 148 g/mol. The molecule has 0 aromatic carbocycles. The van der Waals surface area contributed by atoms with Crippen molar-refractivity contribution >= 4 is 33.2 Å². The smallest absolute Gasteiger partial charge is 0.282 e. The van der Waals surface area contributed by atoms with Crippen LogP contribution in [-0.4, -0.2) is 36.0 Å². The molecule has 5 heteroatoms. The van der Waals surface area contributed by atoms with Crippen molar-refractivity contribution in [2.45, 2.75) is 6.92 Å². The normalized spacial score (nSPS) is 11.2. The van der Waals surface area contributed by atoms with Crippen LogP contribution in [0.4, 0.5) is 0 Å². The molecule has 3 nitrogen and oxygen atoms in total. The van der Waals surface area contributed by atoms with Crippen molar-refractivity contribution < 1.29 is 13.0 Å². The summed E-state index contributed by atoms with van der Waals surface area (Å²) in [6.45, 7) is 1.51. The van der Waals surface area contributed by atoms with Crippen molar-refractivity contribution in [2.75, 3.05) is 0 Å². The standard InChI is InChI=1S/C3H6O3S.Mg.2H/c1-2-3-7(4,5)6;;;/h2-3H,1H3,(H,4,5,6);;;. The summed E-state index contributed by atoms with van der Waals surface area (Å²) in [6, 6.07) is 0. The van der Waals surface area contributed by atoms with Gasteiger partial charge < -0.3 is 0 Å². The first-order chi connectivity index (χ1) is 3.06. The predicted octanol–water partition coefficient (Wildman–Crippen LogP) is -0.508. The van der Waals surface area contributed by atoms with Gasteiger partial charge in [-0.3, -0.25) is 4.55 Å². The van der Waals surface area contributed by atoms with Gasteiger partial charge in [-0.05, 0) is 6.92 Å². The molecule has 46 valence electrons. The second-order valence-electron chi connectivity index (χ2n) is 0.984. The fraction of sp³-hybridized carbons (Fsp3) is 0.333. The lowest BCUT2D eigenvalue weighted by molar-refractivity contribution is 0.494. The molecule has 1 N–H and O–H groups in total. The van der Waals surface area contributed by atoms with Crippen LogP contribution in [0.2, 0.25) is 0 Å². The third kappa shape index (κ3) is 9.65. The highest BCUT2D eigenvalue weighted by Gasteiger charge is 1.90. The van der Waals surface area contributed by atoms with E-state index in [1.54, 1.807) is 0 Å². The lowest BCUT2D eigenvalue weighted by Crippen LogP contribution is -1.87. The van der Waals surface area contributed by atoms with Gasteiger partial charge in [0, 0.05) is 0 Å². The van der Waals surface area contributed by atoms with Gasteiger partial charge in [-0.15, -0.1) is 0 Å². The topological polar surface area (TPSA) is 54.4 Å². The lowest BCUT2D eigenvalue weighted by atomic mass is 10.8. The summed E-state index contributed by atoms with van der Waals surface area (Å²) in [7, 11) is -3.85. The molecule has 0 bridgehead atoms. The van der Waals surface area contributed by atoms with Gasteiger partial charge in [-0.25, -0.2) is 0 Å². The van der Waals surface area contributed by atoms with Crippen molar-refractivity contribution in [3.8, 4) is 0 Å². The van der Waals surface area contributed by atoms with Gasteiger partial charge in [0.1, 0.15) is 0 Å². The number of allylic oxidation sites excluding steroid dienone is 1. The third-order valence-corrected chi connectivity index (χ3v) is 0.924. The highest BCUT2D eigenvalue weighted by atomic mass is 32.2. The molecule has 0 aliphatic heterocycles. The van der Waals surface area contributed by atoms with Gasteiger partial charge in [-0.2, -0.15) is 8.42 Å². The molecule has 8 heavy (non-hydrogen) atoms. The van der Waals surface area contributed by atoms with Crippen LogP contribution in [0.3, 0.4) is 0 Å². The maximum Gasteiger partial charge on any atom is 0.316 e. The van der Waals surface area contributed by atoms with Crippen LogP contribution in [0, 0.1) is 0 Å². The van der Waals surface area contributed by atoms with E-state index in [2.05, 4.69) is 0 Å². The van der Waals surface area contributed by atoms with E-state index in [0.717, 1.165) is 0 Å². The summed E-state index contributed by atoms with van der Waals surface area (Å²) < 4.78 is 27.3. The molecule has 0 aliphatic rings. The zero-order valence-corrected chi connectivity index (χ0v) is 4.64. The minimum absolute atomic E-state index is 0. The highest BCUT2D eigenvalue weighted by molar-refractivity contribution is 7.88. The minimum Gasteiger partial charge on any atom is -0.282 e. The second kappa shape index (κ2) is 4.31. The van der Waals surface area contributed by atoms with Crippen LogP contribution < -0.4 is 0 Å². The van der Waals surface area contributed by atoms with Crippen molar-refractivity contribution in [1.82, 2.24) is 0 Å². The first kappa shape index (κ1) is 11.2. The van der Waals surface area contributed by atoms with E-state index < -0.39 is 10.1 Å². The number of hydrogen-bond acceptors (Lipinski definition) is 2. The van der Waals surface area contributed by atoms with E-state index in [4.69, 9.17) is 4.55 Å². The summed E-state index contributed by atoms with van der Waals surface area (Å²) in [4.78, 5) is 0. The van der Waals surface area contributed by atoms with Crippen LogP contribution in [0.5, 0.6) is 0 Å².